The minimum absolute atomic E-state index is 0.0279. The Balaban J connectivity index is 1.15. The second-order valence-corrected chi connectivity index (χ2v) is 10.4. The van der Waals surface area contributed by atoms with E-state index in [1.54, 1.807) is 12.2 Å². The first-order chi connectivity index (χ1) is 20.7. The van der Waals surface area contributed by atoms with Crippen molar-refractivity contribution >= 4 is 66.8 Å². The highest BCUT2D eigenvalue weighted by molar-refractivity contribution is 6.24. The monoisotopic (exact) mass is 538 g/mol. The zero-order chi connectivity index (χ0) is 28.5. The maximum absolute atomic E-state index is 13.5. The van der Waals surface area contributed by atoms with E-state index >= 15 is 0 Å². The Kier molecular flexibility index (Phi) is 6.50. The van der Waals surface area contributed by atoms with E-state index < -0.39 is 0 Å². The molecule has 0 unspecified atom stereocenters. The minimum atomic E-state index is -0.0279. The van der Waals surface area contributed by atoms with Gasteiger partial charge in [0.25, 0.3) is 0 Å². The Labute approximate surface area is 243 Å². The lowest BCUT2D eigenvalue weighted by atomic mass is 9.93. The van der Waals surface area contributed by atoms with Crippen molar-refractivity contribution in [3.05, 3.63) is 168 Å². The van der Waals surface area contributed by atoms with E-state index in [0.717, 1.165) is 65.3 Å². The maximum Gasteiger partial charge on any atom is 0.187 e. The van der Waals surface area contributed by atoms with Gasteiger partial charge in [0.05, 0.1) is 0 Å². The van der Waals surface area contributed by atoms with Gasteiger partial charge < -0.3 is 0 Å². The summed E-state index contributed by atoms with van der Waals surface area (Å²) in [5.74, 6) is -0.0558. The van der Waals surface area contributed by atoms with Gasteiger partial charge in [0, 0.05) is 11.1 Å². The van der Waals surface area contributed by atoms with Crippen LogP contribution in [0.2, 0.25) is 0 Å². The molecule has 7 aromatic carbocycles. The lowest BCUT2D eigenvalue weighted by Crippen LogP contribution is -1.98. The molecule has 0 fully saturated rings. The van der Waals surface area contributed by atoms with Gasteiger partial charge >= 0.3 is 0 Å². The Morgan fingerprint density at radius 2 is 0.667 bits per heavy atom. The summed E-state index contributed by atoms with van der Waals surface area (Å²) < 4.78 is 0. The molecule has 42 heavy (non-hydrogen) atoms. The van der Waals surface area contributed by atoms with Crippen LogP contribution in [-0.4, -0.2) is 11.6 Å². The molecule has 0 atom stereocenters. The normalized spacial score (nSPS) is 11.8. The van der Waals surface area contributed by atoms with Gasteiger partial charge in [-0.15, -0.1) is 0 Å². The van der Waals surface area contributed by atoms with E-state index in [0.29, 0.717) is 0 Å². The van der Waals surface area contributed by atoms with Gasteiger partial charge in [0.2, 0.25) is 0 Å². The van der Waals surface area contributed by atoms with Crippen molar-refractivity contribution in [1.82, 2.24) is 0 Å². The Morgan fingerprint density at radius 1 is 0.381 bits per heavy atom. The van der Waals surface area contributed by atoms with Crippen LogP contribution in [0.25, 0.3) is 55.2 Å². The predicted molar refractivity (Wildman–Crippen MR) is 176 cm³/mol. The number of hydrogen-bond donors (Lipinski definition) is 0. The molecular weight excluding hydrogens is 512 g/mol. The molecule has 0 saturated heterocycles. The number of ketones is 2. The number of carbonyl (C=O) groups is 2. The van der Waals surface area contributed by atoms with Crippen LogP contribution in [0.5, 0.6) is 0 Å². The van der Waals surface area contributed by atoms with Gasteiger partial charge in [-0.25, -0.2) is 0 Å². The third-order valence-corrected chi connectivity index (χ3v) is 7.83. The molecule has 2 heteroatoms. The molecule has 198 valence electrons. The van der Waals surface area contributed by atoms with Crippen LogP contribution in [-0.2, 0) is 0 Å². The number of rotatable bonds is 6. The summed E-state index contributed by atoms with van der Waals surface area (Å²) in [7, 11) is 0. The molecule has 0 aliphatic heterocycles. The van der Waals surface area contributed by atoms with Crippen LogP contribution in [0.15, 0.2) is 146 Å². The van der Waals surface area contributed by atoms with Gasteiger partial charge in [-0.1, -0.05) is 133 Å². The molecule has 0 heterocycles. The lowest BCUT2D eigenvalue weighted by molar-refractivity contribution is 0.104. The van der Waals surface area contributed by atoms with Crippen molar-refractivity contribution in [1.29, 1.82) is 0 Å². The zero-order valence-corrected chi connectivity index (χ0v) is 22.8. The average molecular weight is 539 g/mol. The standard InChI is InChI=1S/C40H26O2/c41-37(39-33-13-5-1-9-29(33)25-30-10-2-6-14-34(30)39)23-21-27-17-19-28(20-18-27)22-24-38(42)40-35-15-7-3-11-31(35)26-32-12-4-8-16-36(32)40/h1-26H/b23-21+,24-22+. The highest BCUT2D eigenvalue weighted by Crippen LogP contribution is 2.30. The van der Waals surface area contributed by atoms with E-state index in [1.807, 2.05) is 133 Å². The molecule has 2 nitrogen and oxygen atoms in total. The van der Waals surface area contributed by atoms with E-state index in [4.69, 9.17) is 0 Å². The molecule has 0 bridgehead atoms. The van der Waals surface area contributed by atoms with Crippen LogP contribution >= 0.6 is 0 Å². The zero-order valence-electron chi connectivity index (χ0n) is 22.8. The maximum atomic E-state index is 13.5. The van der Waals surface area contributed by atoms with E-state index in [2.05, 4.69) is 12.1 Å². The fourth-order valence-electron chi connectivity index (χ4n) is 5.79. The van der Waals surface area contributed by atoms with Gasteiger partial charge in [-0.3, -0.25) is 9.59 Å². The number of benzene rings is 7. The van der Waals surface area contributed by atoms with Crippen LogP contribution in [0.4, 0.5) is 0 Å². The van der Waals surface area contributed by atoms with Gasteiger partial charge in [0.1, 0.15) is 0 Å². The number of carbonyl (C=O) groups excluding carboxylic acids is 2. The van der Waals surface area contributed by atoms with Crippen molar-refractivity contribution in [3.8, 4) is 0 Å². The molecule has 7 aromatic rings. The predicted octanol–water partition coefficient (Wildman–Crippen LogP) is 10.1. The highest BCUT2D eigenvalue weighted by atomic mass is 16.1. The lowest BCUT2D eigenvalue weighted by Gasteiger charge is -2.09. The summed E-state index contributed by atoms with van der Waals surface area (Å²) in [5.41, 5.74) is 3.27. The second-order valence-electron chi connectivity index (χ2n) is 10.4. The van der Waals surface area contributed by atoms with E-state index in [9.17, 15) is 9.59 Å². The first-order valence-electron chi connectivity index (χ1n) is 14.0. The fraction of sp³-hybridized carbons (Fsp3) is 0. The molecule has 7 rings (SSSR count). The number of hydrogen-bond acceptors (Lipinski definition) is 2. The van der Waals surface area contributed by atoms with Crippen molar-refractivity contribution in [3.63, 3.8) is 0 Å². The third kappa shape index (κ3) is 4.70. The third-order valence-electron chi connectivity index (χ3n) is 7.83. The second kappa shape index (κ2) is 10.8. The quantitative estimate of drug-likeness (QED) is 0.120. The molecule has 0 spiro atoms. The van der Waals surface area contributed by atoms with E-state index in [1.165, 1.54) is 0 Å². The van der Waals surface area contributed by atoms with Gasteiger partial charge in [-0.05, 0) is 78.5 Å². The number of fused-ring (bicyclic) bond motifs is 4. The molecule has 0 N–H and O–H groups in total. The average Bonchev–Trinajstić information content (AvgIpc) is 3.04. The van der Waals surface area contributed by atoms with Crippen molar-refractivity contribution < 1.29 is 9.59 Å². The topological polar surface area (TPSA) is 34.1 Å². The summed E-state index contributed by atoms with van der Waals surface area (Å²) in [6.45, 7) is 0. The van der Waals surface area contributed by atoms with Crippen LogP contribution in [0.1, 0.15) is 31.8 Å². The van der Waals surface area contributed by atoms with E-state index in [-0.39, 0.29) is 11.6 Å². The van der Waals surface area contributed by atoms with Crippen LogP contribution < -0.4 is 0 Å². The van der Waals surface area contributed by atoms with Crippen LogP contribution in [0.3, 0.4) is 0 Å². The summed E-state index contributed by atoms with van der Waals surface area (Å²) in [6.07, 6.45) is 6.99. The summed E-state index contributed by atoms with van der Waals surface area (Å²) in [6, 6.07) is 44.2. The Bertz CT molecular complexity index is 1950. The number of allylic oxidation sites excluding steroid dienone is 2. The van der Waals surface area contributed by atoms with Crippen molar-refractivity contribution in [2.24, 2.45) is 0 Å². The van der Waals surface area contributed by atoms with Crippen LogP contribution in [0, 0.1) is 0 Å². The molecular formula is C40H26O2. The molecule has 0 aromatic heterocycles. The van der Waals surface area contributed by atoms with Gasteiger partial charge in [0.15, 0.2) is 11.6 Å². The summed E-state index contributed by atoms with van der Waals surface area (Å²) >= 11 is 0. The summed E-state index contributed by atoms with van der Waals surface area (Å²) in [4.78, 5) is 27.0. The minimum Gasteiger partial charge on any atom is -0.289 e. The van der Waals surface area contributed by atoms with Crippen molar-refractivity contribution in [2.45, 2.75) is 0 Å². The van der Waals surface area contributed by atoms with Crippen molar-refractivity contribution in [2.75, 3.05) is 0 Å². The molecule has 0 aliphatic carbocycles. The smallest absolute Gasteiger partial charge is 0.187 e. The van der Waals surface area contributed by atoms with Gasteiger partial charge in [-0.2, -0.15) is 0 Å². The molecule has 0 saturated carbocycles. The molecule has 0 amide bonds. The summed E-state index contributed by atoms with van der Waals surface area (Å²) in [5, 5.41) is 8.02. The first-order valence-corrected chi connectivity index (χ1v) is 14.0. The Morgan fingerprint density at radius 3 is 0.976 bits per heavy atom. The molecule has 0 radical (unpaired) electrons. The first kappa shape index (κ1) is 25.4. The Hall–Kier alpha value is -5.60. The largest absolute Gasteiger partial charge is 0.289 e. The molecule has 0 aliphatic rings. The SMILES string of the molecule is O=C(/C=C/c1ccc(/C=C/C(=O)c2c3ccccc3cc3ccccc23)cc1)c1c2ccccc2cc2ccccc12. The fourth-order valence-corrected chi connectivity index (χ4v) is 5.79. The highest BCUT2D eigenvalue weighted by Gasteiger charge is 2.14.